The zero-order chi connectivity index (χ0) is 25.3. The van der Waals surface area contributed by atoms with Gasteiger partial charge in [0.25, 0.3) is 5.91 Å². The molecule has 0 aliphatic heterocycles. The van der Waals surface area contributed by atoms with Gasteiger partial charge in [-0.15, -0.1) is 0 Å². The average molecular weight is 484 g/mol. The number of alkyl halides is 3. The molecule has 4 aromatic rings. The van der Waals surface area contributed by atoms with E-state index in [4.69, 9.17) is 5.73 Å². The molecule has 0 unspecified atom stereocenters. The van der Waals surface area contributed by atoms with Crippen molar-refractivity contribution in [3.63, 3.8) is 0 Å². The van der Waals surface area contributed by atoms with Crippen LogP contribution in [0.15, 0.2) is 55.0 Å². The predicted molar refractivity (Wildman–Crippen MR) is 120 cm³/mol. The number of carbonyl (C=O) groups is 1. The van der Waals surface area contributed by atoms with Crippen molar-refractivity contribution in [3.05, 3.63) is 89.0 Å². The molecule has 1 atom stereocenters. The molecule has 11 heteroatoms. The van der Waals surface area contributed by atoms with Crippen molar-refractivity contribution in [2.24, 2.45) is 0 Å². The molecule has 35 heavy (non-hydrogen) atoms. The minimum Gasteiger partial charge on any atom is -0.383 e. The highest BCUT2D eigenvalue weighted by atomic mass is 19.4. The molecule has 0 bridgehead atoms. The van der Waals surface area contributed by atoms with Crippen LogP contribution in [0.5, 0.6) is 0 Å². The van der Waals surface area contributed by atoms with Crippen molar-refractivity contribution >= 4 is 22.6 Å². The monoisotopic (exact) mass is 484 g/mol. The smallest absolute Gasteiger partial charge is 0.383 e. The maximum atomic E-state index is 15.1. The molecule has 7 nitrogen and oxygen atoms in total. The van der Waals surface area contributed by atoms with Crippen LogP contribution in [0.3, 0.4) is 0 Å². The summed E-state index contributed by atoms with van der Waals surface area (Å²) >= 11 is 0. The Balaban J connectivity index is 1.75. The van der Waals surface area contributed by atoms with Gasteiger partial charge in [-0.05, 0) is 49.7 Å². The van der Waals surface area contributed by atoms with Crippen LogP contribution in [0.25, 0.3) is 10.9 Å². The van der Waals surface area contributed by atoms with Crippen molar-refractivity contribution in [1.82, 2.24) is 24.8 Å². The van der Waals surface area contributed by atoms with Gasteiger partial charge in [-0.3, -0.25) is 9.78 Å². The van der Waals surface area contributed by atoms with Gasteiger partial charge in [-0.2, -0.15) is 13.2 Å². The van der Waals surface area contributed by atoms with E-state index in [9.17, 15) is 18.0 Å². The Morgan fingerprint density at radius 2 is 1.83 bits per heavy atom. The summed E-state index contributed by atoms with van der Waals surface area (Å²) in [5, 5.41) is 0.512. The summed E-state index contributed by atoms with van der Waals surface area (Å²) in [7, 11) is 0. The van der Waals surface area contributed by atoms with Gasteiger partial charge in [0.05, 0.1) is 34.9 Å². The number of nitrogens with two attached hydrogens (primary N) is 1. The highest BCUT2D eigenvalue weighted by Gasteiger charge is 2.31. The second-order valence-corrected chi connectivity index (χ2v) is 7.97. The molecule has 0 saturated heterocycles. The number of rotatable bonds is 5. The number of amides is 1. The van der Waals surface area contributed by atoms with E-state index in [-0.39, 0.29) is 35.0 Å². The lowest BCUT2D eigenvalue weighted by molar-refractivity contribution is -0.137. The van der Waals surface area contributed by atoms with Crippen LogP contribution < -0.4 is 5.73 Å². The van der Waals surface area contributed by atoms with Crippen LogP contribution in [-0.4, -0.2) is 30.7 Å². The highest BCUT2D eigenvalue weighted by molar-refractivity contribution is 5.98. The second-order valence-electron chi connectivity index (χ2n) is 7.97. The number of halogens is 4. The summed E-state index contributed by atoms with van der Waals surface area (Å²) in [6.45, 7) is 3.18. The Bertz CT molecular complexity index is 1380. The Kier molecular flexibility index (Phi) is 6.33. The van der Waals surface area contributed by atoms with Gasteiger partial charge in [0.2, 0.25) is 0 Å². The van der Waals surface area contributed by atoms with E-state index >= 15 is 4.39 Å². The first-order chi connectivity index (χ1) is 16.5. The molecule has 0 radical (unpaired) electrons. The number of nitrogen functional groups attached to an aromatic ring is 1. The summed E-state index contributed by atoms with van der Waals surface area (Å²) in [4.78, 5) is 31.2. The maximum absolute atomic E-state index is 15.1. The minimum absolute atomic E-state index is 0.181. The molecule has 3 heterocycles. The lowest BCUT2D eigenvalue weighted by atomic mass is 10.1. The average Bonchev–Trinajstić information content (AvgIpc) is 2.83. The molecule has 4 rings (SSSR count). The fourth-order valence-corrected chi connectivity index (χ4v) is 3.55. The largest absolute Gasteiger partial charge is 0.417 e. The Morgan fingerprint density at radius 3 is 2.46 bits per heavy atom. The van der Waals surface area contributed by atoms with E-state index in [1.807, 2.05) is 0 Å². The maximum Gasteiger partial charge on any atom is 0.417 e. The number of pyridine rings is 2. The van der Waals surface area contributed by atoms with Crippen LogP contribution >= 0.6 is 0 Å². The lowest BCUT2D eigenvalue weighted by Crippen LogP contribution is -2.35. The Labute approximate surface area is 197 Å². The van der Waals surface area contributed by atoms with Crippen molar-refractivity contribution in [2.45, 2.75) is 32.6 Å². The number of hydrogen-bond acceptors (Lipinski definition) is 6. The summed E-state index contributed by atoms with van der Waals surface area (Å²) < 4.78 is 53.8. The number of fused-ring (bicyclic) bond motifs is 1. The fraction of sp³-hybridized carbons (Fsp3) is 0.208. The predicted octanol–water partition coefficient (Wildman–Crippen LogP) is 4.87. The number of benzene rings is 1. The highest BCUT2D eigenvalue weighted by Crippen LogP contribution is 2.30. The third-order valence-electron chi connectivity index (χ3n) is 5.54. The van der Waals surface area contributed by atoms with E-state index in [1.54, 1.807) is 26.0 Å². The zero-order valence-electron chi connectivity index (χ0n) is 18.7. The Hall–Kier alpha value is -4.15. The van der Waals surface area contributed by atoms with Crippen molar-refractivity contribution in [3.8, 4) is 0 Å². The molecule has 0 aliphatic rings. The number of hydrogen-bond donors (Lipinski definition) is 1. The Morgan fingerprint density at radius 1 is 1.11 bits per heavy atom. The molecule has 0 aliphatic carbocycles. The molecule has 0 spiro atoms. The lowest BCUT2D eigenvalue weighted by Gasteiger charge is -2.28. The van der Waals surface area contributed by atoms with Gasteiger partial charge in [0.15, 0.2) is 0 Å². The van der Waals surface area contributed by atoms with Gasteiger partial charge < -0.3 is 10.6 Å². The molecular weight excluding hydrogens is 464 g/mol. The SMILES string of the molecule is Cc1cc2cc(C(=O)N(Cc3ccc(C(F)(F)F)cn3)[C@H](C)c3ncccn3)c(F)cc2nc1N. The van der Waals surface area contributed by atoms with E-state index in [1.165, 1.54) is 29.4 Å². The normalized spacial score (nSPS) is 12.5. The topological polar surface area (TPSA) is 97.9 Å². The van der Waals surface area contributed by atoms with Crippen molar-refractivity contribution < 1.29 is 22.4 Å². The summed E-state index contributed by atoms with van der Waals surface area (Å²) in [5.41, 5.74) is 5.79. The first-order valence-corrected chi connectivity index (χ1v) is 10.5. The summed E-state index contributed by atoms with van der Waals surface area (Å²) in [5.74, 6) is -0.995. The van der Waals surface area contributed by atoms with Gasteiger partial charge in [-0.25, -0.2) is 19.3 Å². The third-order valence-corrected chi connectivity index (χ3v) is 5.54. The van der Waals surface area contributed by atoms with Crippen LogP contribution in [0, 0.1) is 12.7 Å². The zero-order valence-corrected chi connectivity index (χ0v) is 18.7. The molecule has 1 amide bonds. The number of aromatic nitrogens is 4. The standard InChI is InChI=1S/C24H20F4N6O/c1-13-8-15-9-18(19(25)10-20(15)33-21(13)29)23(35)34(14(2)22-30-6-3-7-31-22)12-17-5-4-16(11-32-17)24(26,27)28/h3-11,14H,12H2,1-2H3,(H2,29,33)/t14-/m1/s1. The molecular formula is C24H20F4N6O. The number of nitrogens with zero attached hydrogens (tertiary/aromatic N) is 5. The van der Waals surface area contributed by atoms with Crippen LogP contribution in [0.4, 0.5) is 23.4 Å². The van der Waals surface area contributed by atoms with Crippen LogP contribution in [-0.2, 0) is 12.7 Å². The van der Waals surface area contributed by atoms with Crippen LogP contribution in [0.2, 0.25) is 0 Å². The first-order valence-electron chi connectivity index (χ1n) is 10.5. The van der Waals surface area contributed by atoms with E-state index in [0.29, 0.717) is 17.1 Å². The summed E-state index contributed by atoms with van der Waals surface area (Å²) in [6, 6.07) is 7.10. The van der Waals surface area contributed by atoms with Crippen molar-refractivity contribution in [2.75, 3.05) is 5.73 Å². The summed E-state index contributed by atoms with van der Waals surface area (Å²) in [6.07, 6.45) is -0.867. The van der Waals surface area contributed by atoms with Crippen molar-refractivity contribution in [1.29, 1.82) is 0 Å². The fourth-order valence-electron chi connectivity index (χ4n) is 3.55. The van der Waals surface area contributed by atoms with E-state index < -0.39 is 29.5 Å². The quantitative estimate of drug-likeness (QED) is 0.406. The van der Waals surface area contributed by atoms with Gasteiger partial charge >= 0.3 is 6.18 Å². The molecule has 3 aromatic heterocycles. The van der Waals surface area contributed by atoms with Crippen LogP contribution in [0.1, 0.15) is 46.0 Å². The van der Waals surface area contributed by atoms with E-state index in [0.717, 1.165) is 12.1 Å². The number of aryl methyl sites for hydroxylation is 1. The molecule has 0 fully saturated rings. The second kappa shape index (κ2) is 9.24. The van der Waals surface area contributed by atoms with Gasteiger partial charge in [0.1, 0.15) is 17.5 Å². The molecule has 180 valence electrons. The van der Waals surface area contributed by atoms with Gasteiger partial charge in [0, 0.05) is 30.0 Å². The number of carbonyl (C=O) groups excluding carboxylic acids is 1. The molecule has 0 saturated carbocycles. The molecule has 2 N–H and O–H groups in total. The van der Waals surface area contributed by atoms with E-state index in [2.05, 4.69) is 19.9 Å². The molecule has 1 aromatic carbocycles. The minimum atomic E-state index is -4.55. The number of anilines is 1. The third kappa shape index (κ3) is 5.03. The van der Waals surface area contributed by atoms with Gasteiger partial charge in [-0.1, -0.05) is 0 Å². The first kappa shape index (κ1) is 24.0.